The second-order valence-corrected chi connectivity index (χ2v) is 4.70. The van der Waals surface area contributed by atoms with Crippen LogP contribution in [-0.4, -0.2) is 22.9 Å². The first-order chi connectivity index (χ1) is 7.09. The van der Waals surface area contributed by atoms with Gasteiger partial charge in [0.05, 0.1) is 6.20 Å². The summed E-state index contributed by atoms with van der Waals surface area (Å²) in [5.74, 6) is 1.51. The van der Waals surface area contributed by atoms with Crippen LogP contribution in [0.2, 0.25) is 0 Å². The molecule has 0 aromatic carbocycles. The van der Waals surface area contributed by atoms with Gasteiger partial charge in [-0.25, -0.2) is 0 Å². The van der Waals surface area contributed by atoms with E-state index in [1.807, 2.05) is 17.9 Å². The van der Waals surface area contributed by atoms with E-state index in [0.29, 0.717) is 0 Å². The fourth-order valence-electron chi connectivity index (χ4n) is 1.40. The van der Waals surface area contributed by atoms with Crippen LogP contribution in [-0.2, 0) is 13.5 Å². The molecule has 1 unspecified atom stereocenters. The molecule has 3 nitrogen and oxygen atoms in total. The summed E-state index contributed by atoms with van der Waals surface area (Å²) in [7, 11) is 1.96. The Hall–Kier alpha value is -0.830. The molecule has 1 aromatic heterocycles. The molecule has 0 aliphatic carbocycles. The second-order valence-electron chi connectivity index (χ2n) is 4.70. The molecule has 15 heavy (non-hydrogen) atoms. The van der Waals surface area contributed by atoms with Crippen LogP contribution in [0.15, 0.2) is 12.4 Å². The van der Waals surface area contributed by atoms with E-state index < -0.39 is 0 Å². The van der Waals surface area contributed by atoms with Crippen molar-refractivity contribution in [3.05, 3.63) is 18.0 Å². The summed E-state index contributed by atoms with van der Waals surface area (Å²) in [6.45, 7) is 8.99. The van der Waals surface area contributed by atoms with Crippen molar-refractivity contribution in [2.75, 3.05) is 13.1 Å². The van der Waals surface area contributed by atoms with Gasteiger partial charge < -0.3 is 5.32 Å². The molecule has 0 bridgehead atoms. The van der Waals surface area contributed by atoms with Gasteiger partial charge in [-0.3, -0.25) is 4.68 Å². The normalized spacial score (nSPS) is 13.4. The number of aryl methyl sites for hydroxylation is 1. The lowest BCUT2D eigenvalue weighted by molar-refractivity contribution is 0.394. The molecule has 86 valence electrons. The van der Waals surface area contributed by atoms with Crippen molar-refractivity contribution in [3.8, 4) is 0 Å². The van der Waals surface area contributed by atoms with Gasteiger partial charge in [-0.2, -0.15) is 5.10 Å². The van der Waals surface area contributed by atoms with E-state index in [2.05, 4.69) is 37.4 Å². The fraction of sp³-hybridized carbons (Fsp3) is 0.750. The molecule has 0 saturated heterocycles. The Morgan fingerprint density at radius 1 is 1.40 bits per heavy atom. The Balaban J connectivity index is 2.12. The van der Waals surface area contributed by atoms with Crippen molar-refractivity contribution in [1.82, 2.24) is 15.1 Å². The van der Waals surface area contributed by atoms with E-state index >= 15 is 0 Å². The van der Waals surface area contributed by atoms with Gasteiger partial charge in [-0.1, -0.05) is 20.8 Å². The predicted octanol–water partition coefficient (Wildman–Crippen LogP) is 1.84. The standard InChI is InChI=1S/C12H23N3/c1-10(2)11(3)7-13-6-5-12-8-14-15(4)9-12/h8-11,13H,5-7H2,1-4H3. The number of nitrogens with one attached hydrogen (secondary N) is 1. The van der Waals surface area contributed by atoms with Crippen molar-refractivity contribution in [2.45, 2.75) is 27.2 Å². The minimum atomic E-state index is 0.749. The molecule has 1 heterocycles. The molecule has 1 rings (SSSR count). The highest BCUT2D eigenvalue weighted by Gasteiger charge is 2.05. The summed E-state index contributed by atoms with van der Waals surface area (Å²) < 4.78 is 1.85. The van der Waals surface area contributed by atoms with Crippen LogP contribution in [0, 0.1) is 11.8 Å². The lowest BCUT2D eigenvalue weighted by atomic mass is 9.98. The van der Waals surface area contributed by atoms with E-state index in [0.717, 1.165) is 31.3 Å². The van der Waals surface area contributed by atoms with Gasteiger partial charge in [-0.05, 0) is 36.9 Å². The molecule has 1 aromatic rings. The fourth-order valence-corrected chi connectivity index (χ4v) is 1.40. The average Bonchev–Trinajstić information content (AvgIpc) is 2.58. The molecule has 3 heteroatoms. The first-order valence-electron chi connectivity index (χ1n) is 5.78. The lowest BCUT2D eigenvalue weighted by Crippen LogP contribution is -2.25. The Bertz CT molecular complexity index is 278. The van der Waals surface area contributed by atoms with Crippen molar-refractivity contribution < 1.29 is 0 Å². The smallest absolute Gasteiger partial charge is 0.0522 e. The third kappa shape index (κ3) is 4.47. The summed E-state index contributed by atoms with van der Waals surface area (Å²) in [6, 6.07) is 0. The summed E-state index contributed by atoms with van der Waals surface area (Å²) in [6.07, 6.45) is 5.08. The van der Waals surface area contributed by atoms with E-state index in [1.54, 1.807) is 0 Å². The van der Waals surface area contributed by atoms with Crippen LogP contribution in [0.1, 0.15) is 26.3 Å². The molecule has 1 N–H and O–H groups in total. The van der Waals surface area contributed by atoms with Crippen molar-refractivity contribution >= 4 is 0 Å². The van der Waals surface area contributed by atoms with Crippen molar-refractivity contribution in [2.24, 2.45) is 18.9 Å². The lowest BCUT2D eigenvalue weighted by Gasteiger charge is -2.15. The number of hydrogen-bond acceptors (Lipinski definition) is 2. The number of hydrogen-bond donors (Lipinski definition) is 1. The zero-order valence-corrected chi connectivity index (χ0v) is 10.3. The Labute approximate surface area is 92.9 Å². The maximum Gasteiger partial charge on any atom is 0.0522 e. The zero-order valence-electron chi connectivity index (χ0n) is 10.3. The molecule has 0 spiro atoms. The molecule has 0 aliphatic heterocycles. The van der Waals surface area contributed by atoms with Crippen LogP contribution in [0.3, 0.4) is 0 Å². The minimum absolute atomic E-state index is 0.749. The second kappa shape index (κ2) is 5.91. The predicted molar refractivity (Wildman–Crippen MR) is 63.8 cm³/mol. The van der Waals surface area contributed by atoms with Gasteiger partial charge in [0.1, 0.15) is 0 Å². The summed E-state index contributed by atoms with van der Waals surface area (Å²) in [5.41, 5.74) is 1.31. The van der Waals surface area contributed by atoms with Crippen LogP contribution < -0.4 is 5.32 Å². The first kappa shape index (κ1) is 12.2. The maximum atomic E-state index is 4.15. The SMILES string of the molecule is CC(C)C(C)CNCCc1cnn(C)c1. The molecule has 0 amide bonds. The molecule has 0 saturated carbocycles. The van der Waals surface area contributed by atoms with Crippen molar-refractivity contribution in [3.63, 3.8) is 0 Å². The summed E-state index contributed by atoms with van der Waals surface area (Å²) >= 11 is 0. The molecule has 0 radical (unpaired) electrons. The van der Waals surface area contributed by atoms with Crippen LogP contribution in [0.4, 0.5) is 0 Å². The largest absolute Gasteiger partial charge is 0.316 e. The highest BCUT2D eigenvalue weighted by atomic mass is 15.2. The van der Waals surface area contributed by atoms with Crippen LogP contribution in [0.25, 0.3) is 0 Å². The monoisotopic (exact) mass is 209 g/mol. The Kier molecular flexibility index (Phi) is 4.82. The minimum Gasteiger partial charge on any atom is -0.316 e. The summed E-state index contributed by atoms with van der Waals surface area (Å²) in [4.78, 5) is 0. The number of nitrogens with zero attached hydrogens (tertiary/aromatic N) is 2. The van der Waals surface area contributed by atoms with Gasteiger partial charge in [-0.15, -0.1) is 0 Å². The third-order valence-corrected chi connectivity index (χ3v) is 2.95. The molecular formula is C12H23N3. The van der Waals surface area contributed by atoms with Gasteiger partial charge >= 0.3 is 0 Å². The number of rotatable bonds is 6. The van der Waals surface area contributed by atoms with Crippen LogP contribution >= 0.6 is 0 Å². The van der Waals surface area contributed by atoms with E-state index in [9.17, 15) is 0 Å². The van der Waals surface area contributed by atoms with Gasteiger partial charge in [0.25, 0.3) is 0 Å². The highest BCUT2D eigenvalue weighted by molar-refractivity contribution is 5.03. The third-order valence-electron chi connectivity index (χ3n) is 2.95. The van der Waals surface area contributed by atoms with Crippen LogP contribution in [0.5, 0.6) is 0 Å². The van der Waals surface area contributed by atoms with Gasteiger partial charge in [0, 0.05) is 13.2 Å². The average molecular weight is 209 g/mol. The molecule has 1 atom stereocenters. The van der Waals surface area contributed by atoms with Crippen molar-refractivity contribution in [1.29, 1.82) is 0 Å². The molecule has 0 aliphatic rings. The maximum absolute atomic E-state index is 4.15. The van der Waals surface area contributed by atoms with Gasteiger partial charge in [0.2, 0.25) is 0 Å². The van der Waals surface area contributed by atoms with E-state index in [1.165, 1.54) is 5.56 Å². The topological polar surface area (TPSA) is 29.9 Å². The highest BCUT2D eigenvalue weighted by Crippen LogP contribution is 2.07. The van der Waals surface area contributed by atoms with E-state index in [-0.39, 0.29) is 0 Å². The number of aromatic nitrogens is 2. The van der Waals surface area contributed by atoms with E-state index in [4.69, 9.17) is 0 Å². The first-order valence-corrected chi connectivity index (χ1v) is 5.78. The molecule has 0 fully saturated rings. The Morgan fingerprint density at radius 3 is 2.67 bits per heavy atom. The summed E-state index contributed by atoms with van der Waals surface area (Å²) in [5, 5.41) is 7.63. The quantitative estimate of drug-likeness (QED) is 0.725. The van der Waals surface area contributed by atoms with Gasteiger partial charge in [0.15, 0.2) is 0 Å². The Morgan fingerprint density at radius 2 is 2.13 bits per heavy atom. The zero-order chi connectivity index (χ0) is 11.3. The molecular weight excluding hydrogens is 186 g/mol.